The molecule has 0 spiro atoms. The summed E-state index contributed by atoms with van der Waals surface area (Å²) in [7, 11) is 9.17. The number of nitriles is 3. The number of thioether (sulfide) groups is 3. The summed E-state index contributed by atoms with van der Waals surface area (Å²) >= 11 is 22.0. The second kappa shape index (κ2) is 56.9. The molecule has 5 aromatic rings. The predicted octanol–water partition coefficient (Wildman–Crippen LogP) is 13.3. The van der Waals surface area contributed by atoms with Crippen molar-refractivity contribution >= 4 is 169 Å². The molecular formula is C85H114BrFIN7O18S7. The van der Waals surface area contributed by atoms with Gasteiger partial charge >= 0.3 is 53.7 Å². The summed E-state index contributed by atoms with van der Waals surface area (Å²) < 4.78 is 49.8. The summed E-state index contributed by atoms with van der Waals surface area (Å²) in [4.78, 5) is 110. The Morgan fingerprint density at radius 1 is 0.500 bits per heavy atom. The first-order valence-electron chi connectivity index (χ1n) is 38.1. The number of ether oxygens (including phenoxy) is 6. The van der Waals surface area contributed by atoms with Gasteiger partial charge in [0.2, 0.25) is 12.7 Å². The number of carbonyl (C=O) groups excluding carboxylic acids is 6. The number of methoxy groups -OCH3 is 4. The maximum atomic E-state index is 13.8. The highest BCUT2D eigenvalue weighted by Crippen LogP contribution is 2.50. The van der Waals surface area contributed by atoms with E-state index in [2.05, 4.69) is 63.8 Å². The Labute approximate surface area is 764 Å². The molecule has 0 aliphatic carbocycles. The standard InChI is InChI=1S/2C31H41N3O6S2.C18H21NO4S2.C5H8O2.BrH.FH.IS/c2*1-6-7-15-33-16-17-34(23-33)18-19-40-28(38)31(4,42-26(41)24-11-9-8-10-12-24)21-30(3,27(37)39-5)20-29(2,22-32)14-13-25(35)36;1-17(12-19,10-9-14(20)21)11-18(2,16(22)23-3)25-15(24)13-7-5-4-6-8-13;1-4(2)5(6)7-3;;;1-2/h2*8-12,16-17,23H,6-7,13-15,18-21H2,1-5H3;4-8H,9-11H2,1-3H3,(H,20,21);1H2,2-3H3;2*1H;/q;;;;;;-1/p+1/i/hT. The van der Waals surface area contributed by atoms with Gasteiger partial charge in [-0.3, -0.25) is 64.3 Å². The largest absolute Gasteiger partial charge is 1.00 e. The van der Waals surface area contributed by atoms with Crippen molar-refractivity contribution in [1.29, 1.82) is 17.2 Å². The number of hydrogen-bond donors (Lipinski definition) is 3. The predicted molar refractivity (Wildman–Crippen MR) is 481 cm³/mol. The normalized spacial score (nSPS) is 14.5. The smallest absolute Gasteiger partial charge is 0.332 e. The molecule has 0 amide bonds. The third kappa shape index (κ3) is 40.6. The molecule has 5 rings (SSSR count). The number of unbranched alkanes of at least 4 members (excludes halogenated alkanes) is 2. The maximum Gasteiger partial charge on any atom is 0.332 e. The fourth-order valence-corrected chi connectivity index (χ4v) is 18.5. The first-order valence-corrected chi connectivity index (χ1v) is 44.4. The van der Waals surface area contributed by atoms with E-state index in [4.69, 9.17) is 70.2 Å². The molecule has 120 heavy (non-hydrogen) atoms. The lowest BCUT2D eigenvalue weighted by atomic mass is 9.68. The third-order valence-corrected chi connectivity index (χ3v) is 23.8. The van der Waals surface area contributed by atoms with Gasteiger partial charge in [-0.05, 0) is 143 Å². The van der Waals surface area contributed by atoms with Crippen molar-refractivity contribution in [3.63, 3.8) is 0 Å². The number of esters is 6. The number of rotatable bonds is 43. The lowest BCUT2D eigenvalue weighted by Crippen LogP contribution is -3.00. The molecule has 3 aromatic carbocycles. The van der Waals surface area contributed by atoms with Crippen LogP contribution in [0.5, 0.6) is 0 Å². The van der Waals surface area contributed by atoms with Crippen LogP contribution in [-0.4, -0.2) is 148 Å². The van der Waals surface area contributed by atoms with Crippen LogP contribution in [0.4, 0.5) is 4.72 Å². The molecule has 0 saturated carbocycles. The van der Waals surface area contributed by atoms with Gasteiger partial charge < -0.3 is 70.5 Å². The van der Waals surface area contributed by atoms with E-state index < -0.39 is 89.1 Å². The minimum absolute atomic E-state index is 0. The van der Waals surface area contributed by atoms with Gasteiger partial charge in [0.1, 0.15) is 65.3 Å². The van der Waals surface area contributed by atoms with Gasteiger partial charge in [0.25, 0.3) is 1.45 Å². The molecule has 2 heterocycles. The molecule has 0 aliphatic rings. The SMILES string of the molecule is C=C(C)C(=O)OC.CCCC[n+]1ccn(CCOC(=O)C(C)(CC(C)(CC(C)(C#N)CCC(=O)O)C(=O)OC)SC(=S)c2ccccc2)c1.CCCC[n+]1ccn(CCOC(=O)C(C)(CC(C)(CC(C)(C#N)CCC(=O)O)C(=O)OC)SC(=S)c2ccccc2)c1.COC(=O)C(C)(CC(C)(C#N)CCC(=O)O)SC(=S)c1ccccc1.[3H]F.[Br-].[S-]I. The third-order valence-electron chi connectivity index (χ3n) is 18.8. The molecule has 0 radical (unpaired) electrons. The quantitative estimate of drug-likeness (QED) is 0.00620. The molecule has 35 heteroatoms. The van der Waals surface area contributed by atoms with Crippen LogP contribution >= 0.6 is 93.1 Å². The van der Waals surface area contributed by atoms with Gasteiger partial charge in [-0.2, -0.15) is 15.8 Å². The number of imidazole rings is 2. The first-order chi connectivity index (χ1) is 56.4. The summed E-state index contributed by atoms with van der Waals surface area (Å²) in [6, 6.07) is 34.3. The molecular weight excluding hydrogens is 1860 g/mol. The summed E-state index contributed by atoms with van der Waals surface area (Å²) in [5, 5.41) is 56.8. The van der Waals surface area contributed by atoms with E-state index in [0.29, 0.717) is 31.3 Å². The van der Waals surface area contributed by atoms with E-state index in [9.17, 15) is 69.1 Å². The van der Waals surface area contributed by atoms with Gasteiger partial charge in [0, 0.05) is 24.8 Å². The molecule has 0 aliphatic heterocycles. The van der Waals surface area contributed by atoms with Crippen molar-refractivity contribution in [3.05, 3.63) is 157 Å². The maximum absolute atomic E-state index is 13.8. The zero-order chi connectivity index (χ0) is 91.7. The monoisotopic (exact) mass is 1970 g/mol. The van der Waals surface area contributed by atoms with E-state index in [0.717, 1.165) is 79.0 Å². The fourth-order valence-electron chi connectivity index (χ4n) is 12.8. The van der Waals surface area contributed by atoms with Gasteiger partial charge in [0.05, 0.1) is 99.4 Å². The number of thiocarbonyl (C=S) groups is 3. The van der Waals surface area contributed by atoms with Gasteiger partial charge in [0.15, 0.2) is 0 Å². The van der Waals surface area contributed by atoms with Crippen LogP contribution in [0.2, 0.25) is 0 Å². The Morgan fingerprint density at radius 2 is 0.783 bits per heavy atom. The van der Waals surface area contributed by atoms with Crippen molar-refractivity contribution in [2.45, 2.75) is 213 Å². The summed E-state index contributed by atoms with van der Waals surface area (Å²) in [6.45, 7) is 25.4. The minimum atomic E-state index is -1.32. The Hall–Kier alpha value is -7.67. The van der Waals surface area contributed by atoms with Crippen molar-refractivity contribution in [2.75, 3.05) is 41.7 Å². The summed E-state index contributed by atoms with van der Waals surface area (Å²) in [5.41, 5.74) is -3.19. The molecule has 0 fully saturated rings. The average molecular weight is 1970 g/mol. The number of halogens is 3. The van der Waals surface area contributed by atoms with Crippen LogP contribution in [0.15, 0.2) is 141 Å². The minimum Gasteiger partial charge on any atom is -1.00 e. The van der Waals surface area contributed by atoms with Crippen LogP contribution < -0.4 is 26.1 Å². The number of aryl methyl sites for hydroxylation is 2. The van der Waals surface area contributed by atoms with Crippen LogP contribution in [0.25, 0.3) is 0 Å². The number of nitrogens with zero attached hydrogens (tertiary/aromatic N) is 7. The highest BCUT2D eigenvalue weighted by molar-refractivity contribution is 14.2. The fraction of sp³-hybridized carbons (Fsp3) is 0.518. The average Bonchev–Trinajstić information content (AvgIpc) is 1.24. The lowest BCUT2D eigenvalue weighted by molar-refractivity contribution is -0.697. The molecule has 25 nitrogen and oxygen atoms in total. The van der Waals surface area contributed by atoms with Crippen molar-refractivity contribution in [1.82, 2.24) is 9.13 Å². The number of carboxylic acids is 3. The Balaban J connectivity index is 0. The lowest BCUT2D eigenvalue weighted by Gasteiger charge is -2.39. The van der Waals surface area contributed by atoms with E-state index in [1.165, 1.54) is 40.2 Å². The summed E-state index contributed by atoms with van der Waals surface area (Å²) in [6.07, 6.45) is 15.7. The molecule has 2 aromatic heterocycles. The molecule has 3 N–H and O–H groups in total. The van der Waals surface area contributed by atoms with Gasteiger partial charge in [-0.1, -0.05) is 196 Å². The summed E-state index contributed by atoms with van der Waals surface area (Å²) in [5.74, 6) is -6.19. The van der Waals surface area contributed by atoms with E-state index >= 15 is 0 Å². The van der Waals surface area contributed by atoms with Gasteiger partial charge in [-0.15, -0.1) is 0 Å². The topological polar surface area (TPSA) is 359 Å². The molecule has 8 unspecified atom stereocenters. The van der Waals surface area contributed by atoms with Crippen LogP contribution in [0, 0.1) is 61.1 Å². The Morgan fingerprint density at radius 3 is 1.02 bits per heavy atom. The highest BCUT2D eigenvalue weighted by atomic mass is 127. The number of aliphatic carboxylic acids is 3. The van der Waals surface area contributed by atoms with Crippen LogP contribution in [0.3, 0.4) is 0 Å². The molecule has 8 atom stereocenters. The number of carboxylic acid groups (broad SMARTS) is 3. The molecule has 0 bridgehead atoms. The van der Waals surface area contributed by atoms with Crippen LogP contribution in [-0.2, 0) is 108 Å². The number of aromatic nitrogens is 4. The second-order valence-electron chi connectivity index (χ2n) is 30.2. The zero-order valence-corrected chi connectivity index (χ0v) is 80.2. The van der Waals surface area contributed by atoms with Gasteiger partial charge in [-0.25, -0.2) is 23.1 Å². The zero-order valence-electron chi connectivity index (χ0n) is 71.8. The van der Waals surface area contributed by atoms with E-state index in [1.807, 2.05) is 138 Å². The highest BCUT2D eigenvalue weighted by Gasteiger charge is 2.53. The van der Waals surface area contributed by atoms with Crippen molar-refractivity contribution < 1.29 is 118 Å². The number of benzene rings is 3. The first kappa shape index (κ1) is 112. The number of carbonyl (C=O) groups is 9. The van der Waals surface area contributed by atoms with Crippen molar-refractivity contribution in [3.8, 4) is 18.2 Å². The second-order valence-corrected chi connectivity index (χ2v) is 36.7. The van der Waals surface area contributed by atoms with E-state index in [1.54, 1.807) is 83.5 Å². The van der Waals surface area contributed by atoms with E-state index in [-0.39, 0.29) is 107 Å². The Kier molecular flexibility index (Phi) is 53.3. The molecule has 0 saturated heterocycles. The molecule has 660 valence electrons. The van der Waals surface area contributed by atoms with Crippen LogP contribution in [0.1, 0.15) is 189 Å². The Bertz CT molecular complexity index is 4120. The number of hydrogen-bond acceptors (Lipinski definition) is 25. The van der Waals surface area contributed by atoms with Crippen molar-refractivity contribution in [2.24, 2.45) is 27.1 Å².